The minimum atomic E-state index is -0.314. The molecule has 0 saturated heterocycles. The predicted molar refractivity (Wildman–Crippen MR) is 91.4 cm³/mol. The smallest absolute Gasteiger partial charge is 0.250 e. The number of aromatic nitrogens is 1. The van der Waals surface area contributed by atoms with Crippen molar-refractivity contribution in [2.24, 2.45) is 0 Å². The zero-order chi connectivity index (χ0) is 17.6. The van der Waals surface area contributed by atoms with Crippen LogP contribution in [0, 0.1) is 12.7 Å². The van der Waals surface area contributed by atoms with Crippen molar-refractivity contribution in [2.75, 3.05) is 11.9 Å². The second-order valence-electron chi connectivity index (χ2n) is 5.60. The van der Waals surface area contributed by atoms with Crippen molar-refractivity contribution in [2.45, 2.75) is 13.5 Å². The molecule has 2 aromatic carbocycles. The molecule has 0 fully saturated rings. The van der Waals surface area contributed by atoms with Crippen LogP contribution in [0.25, 0.3) is 11.3 Å². The van der Waals surface area contributed by atoms with Crippen LogP contribution in [-0.4, -0.2) is 17.7 Å². The molecule has 0 radical (unpaired) electrons. The van der Waals surface area contributed by atoms with Crippen LogP contribution in [0.5, 0.6) is 0 Å². The fraction of sp³-hybridized carbons (Fsp3) is 0.158. The Hall–Kier alpha value is -2.99. The zero-order valence-electron chi connectivity index (χ0n) is 13.7. The molecule has 1 heterocycles. The average Bonchev–Trinajstić information content (AvgIpc) is 3.06. The highest BCUT2D eigenvalue weighted by Gasteiger charge is 2.08. The van der Waals surface area contributed by atoms with Gasteiger partial charge in [-0.05, 0) is 43.3 Å². The molecule has 5 nitrogen and oxygen atoms in total. The number of nitrogens with zero attached hydrogens (tertiary/aromatic N) is 1. The number of amides is 1. The third kappa shape index (κ3) is 4.74. The predicted octanol–water partition coefficient (Wildman–Crippen LogP) is 3.94. The molecule has 0 unspecified atom stereocenters. The molecule has 1 aromatic heterocycles. The topological polar surface area (TPSA) is 64.4 Å². The first kappa shape index (κ1) is 16.9. The molecule has 6 heteroatoms. The number of carbonyl (C=O) groups excluding carboxylic acids is 1. The number of anilines is 1. The summed E-state index contributed by atoms with van der Waals surface area (Å²) in [7, 11) is 0. The van der Waals surface area contributed by atoms with Crippen LogP contribution in [-0.2, 0) is 16.1 Å². The summed E-state index contributed by atoms with van der Waals surface area (Å²) in [4.78, 5) is 11.8. The van der Waals surface area contributed by atoms with Gasteiger partial charge in [0.1, 0.15) is 18.1 Å². The van der Waals surface area contributed by atoms with Crippen LogP contribution < -0.4 is 5.32 Å². The number of benzene rings is 2. The fourth-order valence-corrected chi connectivity index (χ4v) is 2.21. The maximum Gasteiger partial charge on any atom is 0.250 e. The molecule has 128 valence electrons. The van der Waals surface area contributed by atoms with Gasteiger partial charge < -0.3 is 14.6 Å². The number of aryl methyl sites for hydroxylation is 1. The highest BCUT2D eigenvalue weighted by atomic mass is 19.1. The summed E-state index contributed by atoms with van der Waals surface area (Å²) < 4.78 is 23.5. The van der Waals surface area contributed by atoms with E-state index in [2.05, 4.69) is 10.5 Å². The van der Waals surface area contributed by atoms with E-state index in [0.717, 1.165) is 16.8 Å². The third-order valence-electron chi connectivity index (χ3n) is 3.51. The van der Waals surface area contributed by atoms with Crippen LogP contribution in [0.2, 0.25) is 0 Å². The van der Waals surface area contributed by atoms with Crippen LogP contribution >= 0.6 is 0 Å². The van der Waals surface area contributed by atoms with E-state index in [1.165, 1.54) is 12.1 Å². The Morgan fingerprint density at radius 2 is 1.88 bits per heavy atom. The summed E-state index contributed by atoms with van der Waals surface area (Å²) in [5, 5.41) is 6.63. The van der Waals surface area contributed by atoms with Gasteiger partial charge >= 0.3 is 0 Å². The highest BCUT2D eigenvalue weighted by molar-refractivity contribution is 5.91. The lowest BCUT2D eigenvalue weighted by molar-refractivity contribution is -0.121. The molecule has 3 aromatic rings. The molecule has 0 bridgehead atoms. The molecule has 0 aliphatic heterocycles. The van der Waals surface area contributed by atoms with Gasteiger partial charge in [-0.2, -0.15) is 0 Å². The molecule has 0 aliphatic carbocycles. The monoisotopic (exact) mass is 340 g/mol. The Kier molecular flexibility index (Phi) is 5.20. The van der Waals surface area contributed by atoms with E-state index < -0.39 is 0 Å². The normalized spacial score (nSPS) is 10.6. The summed E-state index contributed by atoms with van der Waals surface area (Å²) in [6, 6.07) is 15.1. The maximum absolute atomic E-state index is 12.9. The fourth-order valence-electron chi connectivity index (χ4n) is 2.21. The number of carbonyl (C=O) groups is 1. The maximum atomic E-state index is 12.9. The second-order valence-corrected chi connectivity index (χ2v) is 5.60. The molecule has 0 atom stereocenters. The van der Waals surface area contributed by atoms with Crippen molar-refractivity contribution in [3.63, 3.8) is 0 Å². The summed E-state index contributed by atoms with van der Waals surface area (Å²) in [5.41, 5.74) is 3.12. The number of halogens is 1. The average molecular weight is 340 g/mol. The summed E-state index contributed by atoms with van der Waals surface area (Å²) in [6.07, 6.45) is 0. The molecule has 3 rings (SSSR count). The molecule has 1 amide bonds. The standard InChI is InChI=1S/C19H17FN2O3/c1-13-2-8-16(9-3-13)21-19(23)12-24-11-17-10-18(25-22-17)14-4-6-15(20)7-5-14/h2-10H,11-12H2,1H3,(H,21,23). The van der Waals surface area contributed by atoms with Crippen LogP contribution in [0.15, 0.2) is 59.1 Å². The van der Waals surface area contributed by atoms with Crippen molar-refractivity contribution in [1.29, 1.82) is 0 Å². The van der Waals surface area contributed by atoms with E-state index in [-0.39, 0.29) is 24.9 Å². The van der Waals surface area contributed by atoms with Gasteiger partial charge in [-0.15, -0.1) is 0 Å². The Morgan fingerprint density at radius 1 is 1.16 bits per heavy atom. The van der Waals surface area contributed by atoms with Crippen molar-refractivity contribution in [1.82, 2.24) is 5.16 Å². The van der Waals surface area contributed by atoms with Crippen molar-refractivity contribution >= 4 is 11.6 Å². The largest absolute Gasteiger partial charge is 0.365 e. The summed E-state index contributed by atoms with van der Waals surface area (Å²) in [5.74, 6) is -0.0415. The van der Waals surface area contributed by atoms with Crippen LogP contribution in [0.4, 0.5) is 10.1 Å². The summed E-state index contributed by atoms with van der Waals surface area (Å²) in [6.45, 7) is 2.03. The Bertz CT molecular complexity index is 842. The van der Waals surface area contributed by atoms with E-state index in [9.17, 15) is 9.18 Å². The van der Waals surface area contributed by atoms with Gasteiger partial charge in [0, 0.05) is 17.3 Å². The first-order chi connectivity index (χ1) is 12.1. The highest BCUT2D eigenvalue weighted by Crippen LogP contribution is 2.20. The molecule has 1 N–H and O–H groups in total. The minimum Gasteiger partial charge on any atom is -0.365 e. The quantitative estimate of drug-likeness (QED) is 0.738. The van der Waals surface area contributed by atoms with Crippen LogP contribution in [0.3, 0.4) is 0 Å². The number of rotatable bonds is 6. The van der Waals surface area contributed by atoms with E-state index in [1.54, 1.807) is 18.2 Å². The van der Waals surface area contributed by atoms with Gasteiger partial charge in [0.25, 0.3) is 0 Å². The first-order valence-corrected chi connectivity index (χ1v) is 7.76. The Morgan fingerprint density at radius 3 is 2.60 bits per heavy atom. The van der Waals surface area contributed by atoms with Gasteiger partial charge in [0.2, 0.25) is 5.91 Å². The molecular formula is C19H17FN2O3. The van der Waals surface area contributed by atoms with Crippen molar-refractivity contribution in [3.8, 4) is 11.3 Å². The van der Waals surface area contributed by atoms with Gasteiger partial charge in [0.05, 0.1) is 6.61 Å². The second kappa shape index (κ2) is 7.72. The van der Waals surface area contributed by atoms with E-state index >= 15 is 0 Å². The number of ether oxygens (including phenoxy) is 1. The zero-order valence-corrected chi connectivity index (χ0v) is 13.7. The number of hydrogen-bond donors (Lipinski definition) is 1. The van der Waals surface area contributed by atoms with Gasteiger partial charge in [-0.1, -0.05) is 22.9 Å². The molecule has 0 saturated carbocycles. The van der Waals surface area contributed by atoms with Gasteiger partial charge in [-0.3, -0.25) is 4.79 Å². The number of nitrogens with one attached hydrogen (secondary N) is 1. The van der Waals surface area contributed by atoms with Gasteiger partial charge in [0.15, 0.2) is 5.76 Å². The SMILES string of the molecule is Cc1ccc(NC(=O)COCc2cc(-c3ccc(F)cc3)on2)cc1. The Labute approximate surface area is 144 Å². The van der Waals surface area contributed by atoms with Crippen molar-refractivity contribution < 1.29 is 18.4 Å². The third-order valence-corrected chi connectivity index (χ3v) is 3.51. The summed E-state index contributed by atoms with van der Waals surface area (Å²) >= 11 is 0. The van der Waals surface area contributed by atoms with Gasteiger partial charge in [-0.25, -0.2) is 4.39 Å². The number of hydrogen-bond acceptors (Lipinski definition) is 4. The molecule has 25 heavy (non-hydrogen) atoms. The van der Waals surface area contributed by atoms with E-state index in [0.29, 0.717) is 11.5 Å². The lowest BCUT2D eigenvalue weighted by Crippen LogP contribution is -2.18. The Balaban J connectivity index is 1.48. The van der Waals surface area contributed by atoms with Crippen molar-refractivity contribution in [3.05, 3.63) is 71.7 Å². The van der Waals surface area contributed by atoms with Crippen LogP contribution in [0.1, 0.15) is 11.3 Å². The lowest BCUT2D eigenvalue weighted by Gasteiger charge is -2.05. The van der Waals surface area contributed by atoms with E-state index in [4.69, 9.17) is 9.26 Å². The molecular weight excluding hydrogens is 323 g/mol. The molecule has 0 spiro atoms. The molecule has 0 aliphatic rings. The first-order valence-electron chi connectivity index (χ1n) is 7.76. The lowest BCUT2D eigenvalue weighted by atomic mass is 10.1. The minimum absolute atomic E-state index is 0.0907. The van der Waals surface area contributed by atoms with E-state index in [1.807, 2.05) is 31.2 Å².